The van der Waals surface area contributed by atoms with E-state index in [1.165, 1.54) is 11.3 Å². The number of rotatable bonds is 7. The first kappa shape index (κ1) is 20.5. The van der Waals surface area contributed by atoms with Crippen LogP contribution in [0.15, 0.2) is 46.9 Å². The number of nitrogens with zero attached hydrogens (tertiary/aromatic N) is 2. The normalized spacial score (nSPS) is 13.0. The molecular weight excluding hydrogens is 468 g/mol. The summed E-state index contributed by atoms with van der Waals surface area (Å²) in [4.78, 5) is 25.0. The van der Waals surface area contributed by atoms with E-state index >= 15 is 0 Å². The lowest BCUT2D eigenvalue weighted by molar-refractivity contribution is 0.0949. The number of carbonyl (C=O) groups excluding carboxylic acids is 2. The molecule has 0 radical (unpaired) electrons. The van der Waals surface area contributed by atoms with Crippen molar-refractivity contribution in [1.82, 2.24) is 15.5 Å². The van der Waals surface area contributed by atoms with Crippen molar-refractivity contribution in [2.24, 2.45) is 0 Å². The van der Waals surface area contributed by atoms with Gasteiger partial charge in [-0.2, -0.15) is 0 Å². The van der Waals surface area contributed by atoms with Gasteiger partial charge in [-0.05, 0) is 49.2 Å². The van der Waals surface area contributed by atoms with Gasteiger partial charge in [0.15, 0.2) is 0 Å². The van der Waals surface area contributed by atoms with Crippen LogP contribution in [0, 0.1) is 0 Å². The summed E-state index contributed by atoms with van der Waals surface area (Å²) >= 11 is 4.75. The summed E-state index contributed by atoms with van der Waals surface area (Å²) in [7, 11) is 1.59. The molecule has 1 aromatic heterocycles. The Morgan fingerprint density at radius 2 is 2.00 bits per heavy atom. The van der Waals surface area contributed by atoms with Crippen molar-refractivity contribution in [3.8, 4) is 5.75 Å². The fraction of sp³-hybridized carbons (Fsp3) is 0.238. The van der Waals surface area contributed by atoms with Crippen molar-refractivity contribution in [3.63, 3.8) is 0 Å². The highest BCUT2D eigenvalue weighted by Gasteiger charge is 2.28. The molecule has 1 saturated carbocycles. The average molecular weight is 487 g/mol. The Kier molecular flexibility index (Phi) is 6.10. The van der Waals surface area contributed by atoms with Crippen LogP contribution in [0.5, 0.6) is 5.75 Å². The van der Waals surface area contributed by atoms with E-state index in [4.69, 9.17) is 4.74 Å². The molecule has 1 fully saturated rings. The SMILES string of the molecule is COc1ccc(Br)cc1CNC(=O)c1cccc(NC(=O)c2nnc(C3CC3)s2)c1. The van der Waals surface area contributed by atoms with Crippen molar-refractivity contribution >= 4 is 44.8 Å². The first-order valence-electron chi connectivity index (χ1n) is 9.39. The minimum atomic E-state index is -0.323. The molecular formula is C21H19BrN4O3S. The molecule has 2 N–H and O–H groups in total. The first-order chi connectivity index (χ1) is 14.5. The number of carbonyl (C=O) groups is 2. The third-order valence-corrected chi connectivity index (χ3v) is 6.20. The topological polar surface area (TPSA) is 93.2 Å². The highest BCUT2D eigenvalue weighted by Crippen LogP contribution is 2.41. The maximum absolute atomic E-state index is 12.6. The lowest BCUT2D eigenvalue weighted by Gasteiger charge is -2.11. The molecule has 30 heavy (non-hydrogen) atoms. The summed E-state index contributed by atoms with van der Waals surface area (Å²) in [6.45, 7) is 0.312. The number of nitrogens with one attached hydrogen (secondary N) is 2. The Hall–Kier alpha value is -2.78. The fourth-order valence-electron chi connectivity index (χ4n) is 2.91. The van der Waals surface area contributed by atoms with Crippen LogP contribution < -0.4 is 15.4 Å². The fourth-order valence-corrected chi connectivity index (χ4v) is 4.22. The summed E-state index contributed by atoms with van der Waals surface area (Å²) < 4.78 is 6.24. The lowest BCUT2D eigenvalue weighted by Crippen LogP contribution is -2.23. The molecule has 0 bridgehead atoms. The number of hydrogen-bond acceptors (Lipinski definition) is 6. The van der Waals surface area contributed by atoms with E-state index in [0.29, 0.717) is 34.5 Å². The van der Waals surface area contributed by atoms with Gasteiger partial charge in [0.05, 0.1) is 7.11 Å². The van der Waals surface area contributed by atoms with Crippen LogP contribution >= 0.6 is 27.3 Å². The molecule has 0 spiro atoms. The third-order valence-electron chi connectivity index (χ3n) is 4.63. The Morgan fingerprint density at radius 3 is 2.77 bits per heavy atom. The number of anilines is 1. The highest BCUT2D eigenvalue weighted by atomic mass is 79.9. The van der Waals surface area contributed by atoms with E-state index in [-0.39, 0.29) is 11.8 Å². The largest absolute Gasteiger partial charge is 0.496 e. The van der Waals surface area contributed by atoms with Crippen LogP contribution in [0.4, 0.5) is 5.69 Å². The van der Waals surface area contributed by atoms with Crippen molar-refractivity contribution in [2.45, 2.75) is 25.3 Å². The Morgan fingerprint density at radius 1 is 1.17 bits per heavy atom. The van der Waals surface area contributed by atoms with E-state index < -0.39 is 0 Å². The van der Waals surface area contributed by atoms with Crippen molar-refractivity contribution in [3.05, 3.63) is 68.1 Å². The van der Waals surface area contributed by atoms with Crippen molar-refractivity contribution in [2.75, 3.05) is 12.4 Å². The van der Waals surface area contributed by atoms with Gasteiger partial charge < -0.3 is 15.4 Å². The summed E-state index contributed by atoms with van der Waals surface area (Å²) in [5.41, 5.74) is 1.82. The predicted octanol–water partition coefficient (Wildman–Crippen LogP) is 4.37. The quantitative estimate of drug-likeness (QED) is 0.517. The van der Waals surface area contributed by atoms with E-state index in [0.717, 1.165) is 27.9 Å². The zero-order valence-electron chi connectivity index (χ0n) is 16.1. The van der Waals surface area contributed by atoms with Crippen LogP contribution in [0.1, 0.15) is 49.5 Å². The van der Waals surface area contributed by atoms with Gasteiger partial charge in [-0.3, -0.25) is 9.59 Å². The van der Waals surface area contributed by atoms with Gasteiger partial charge in [0.2, 0.25) is 5.01 Å². The second-order valence-electron chi connectivity index (χ2n) is 6.89. The van der Waals surface area contributed by atoms with Crippen LogP contribution in [0.3, 0.4) is 0 Å². The lowest BCUT2D eigenvalue weighted by atomic mass is 10.1. The van der Waals surface area contributed by atoms with E-state index in [2.05, 4.69) is 36.8 Å². The standard InChI is InChI=1S/C21H19BrN4O3S/c1-29-17-8-7-15(22)9-14(17)11-23-18(27)13-3-2-4-16(10-13)24-19(28)21-26-25-20(30-21)12-5-6-12/h2-4,7-10,12H,5-6,11H2,1H3,(H,23,27)(H,24,28). The molecule has 0 saturated heterocycles. The van der Waals surface area contributed by atoms with E-state index in [9.17, 15) is 9.59 Å². The van der Waals surface area contributed by atoms with Gasteiger partial charge >= 0.3 is 0 Å². The maximum atomic E-state index is 12.6. The Labute approximate surface area is 186 Å². The molecule has 2 aromatic carbocycles. The molecule has 1 aliphatic carbocycles. The Balaban J connectivity index is 1.40. The number of amides is 2. The van der Waals surface area contributed by atoms with Crippen LogP contribution in [0.25, 0.3) is 0 Å². The molecule has 1 heterocycles. The molecule has 0 unspecified atom stereocenters. The molecule has 0 atom stereocenters. The van der Waals surface area contributed by atoms with Crippen LogP contribution in [0.2, 0.25) is 0 Å². The molecule has 3 aromatic rings. The summed E-state index contributed by atoms with van der Waals surface area (Å²) in [5.74, 6) is 0.581. The number of aromatic nitrogens is 2. The minimum absolute atomic E-state index is 0.250. The van der Waals surface area contributed by atoms with Gasteiger partial charge in [-0.25, -0.2) is 0 Å². The highest BCUT2D eigenvalue weighted by molar-refractivity contribution is 9.10. The van der Waals surface area contributed by atoms with Crippen molar-refractivity contribution in [1.29, 1.82) is 0 Å². The monoisotopic (exact) mass is 486 g/mol. The second-order valence-corrected chi connectivity index (χ2v) is 8.82. The van der Waals surface area contributed by atoms with E-state index in [1.54, 1.807) is 31.4 Å². The molecule has 7 nitrogen and oxygen atoms in total. The van der Waals surface area contributed by atoms with Gasteiger partial charge in [-0.1, -0.05) is 33.3 Å². The number of halogens is 1. The summed E-state index contributed by atoms with van der Waals surface area (Å²) in [5, 5.41) is 15.0. The molecule has 2 amide bonds. The molecule has 4 rings (SSSR count). The molecule has 9 heteroatoms. The molecule has 0 aliphatic heterocycles. The molecule has 1 aliphatic rings. The number of methoxy groups -OCH3 is 1. The average Bonchev–Trinajstić information content (AvgIpc) is 3.48. The predicted molar refractivity (Wildman–Crippen MR) is 118 cm³/mol. The van der Waals surface area contributed by atoms with Crippen LogP contribution in [-0.2, 0) is 6.54 Å². The van der Waals surface area contributed by atoms with Crippen LogP contribution in [-0.4, -0.2) is 29.1 Å². The zero-order chi connectivity index (χ0) is 21.1. The zero-order valence-corrected chi connectivity index (χ0v) is 18.5. The van der Waals surface area contributed by atoms with Gasteiger partial charge in [0, 0.05) is 33.7 Å². The van der Waals surface area contributed by atoms with E-state index in [1.807, 2.05) is 18.2 Å². The Bertz CT molecular complexity index is 1100. The first-order valence-corrected chi connectivity index (χ1v) is 11.0. The van der Waals surface area contributed by atoms with Crippen molar-refractivity contribution < 1.29 is 14.3 Å². The van der Waals surface area contributed by atoms with Gasteiger partial charge in [0.1, 0.15) is 10.8 Å². The van der Waals surface area contributed by atoms with Gasteiger partial charge in [-0.15, -0.1) is 10.2 Å². The molecule has 154 valence electrons. The minimum Gasteiger partial charge on any atom is -0.496 e. The third kappa shape index (κ3) is 4.85. The summed E-state index contributed by atoms with van der Waals surface area (Å²) in [6, 6.07) is 12.4. The second kappa shape index (κ2) is 8.93. The number of benzene rings is 2. The van der Waals surface area contributed by atoms with Gasteiger partial charge in [0.25, 0.3) is 11.8 Å². The smallest absolute Gasteiger partial charge is 0.286 e. The summed E-state index contributed by atoms with van der Waals surface area (Å²) in [6.07, 6.45) is 2.22. The number of ether oxygens (including phenoxy) is 1. The number of hydrogen-bond donors (Lipinski definition) is 2. The maximum Gasteiger partial charge on any atom is 0.286 e.